The van der Waals surface area contributed by atoms with Gasteiger partial charge in [0.2, 0.25) is 0 Å². The highest BCUT2D eigenvalue weighted by Gasteiger charge is 2.25. The Morgan fingerprint density at radius 1 is 1.44 bits per heavy atom. The van der Waals surface area contributed by atoms with Gasteiger partial charge in [-0.3, -0.25) is 4.90 Å². The molecule has 1 unspecified atom stereocenters. The Balaban J connectivity index is 2.03. The third-order valence-electron chi connectivity index (χ3n) is 3.47. The fourth-order valence-electron chi connectivity index (χ4n) is 2.30. The molecule has 1 saturated heterocycles. The van der Waals surface area contributed by atoms with E-state index < -0.39 is 5.60 Å². The van der Waals surface area contributed by atoms with Gasteiger partial charge >= 0.3 is 0 Å². The Morgan fingerprint density at radius 3 is 3.00 bits per heavy atom. The Bertz CT molecular complexity index is 423. The number of nitrogen functional groups attached to an aromatic ring is 1. The highest BCUT2D eigenvalue weighted by atomic mass is 35.5. The lowest BCUT2D eigenvalue weighted by Crippen LogP contribution is -2.28. The number of hydrogen-bond acceptors (Lipinski definition) is 4. The van der Waals surface area contributed by atoms with Crippen LogP contribution in [0.5, 0.6) is 0 Å². The Kier molecular flexibility index (Phi) is 4.10. The maximum atomic E-state index is 10.0. The van der Waals surface area contributed by atoms with E-state index >= 15 is 0 Å². The molecule has 0 radical (unpaired) electrons. The topological polar surface area (TPSA) is 62.4 Å². The van der Waals surface area contributed by atoms with Crippen LogP contribution in [-0.2, 0) is 6.54 Å². The Morgan fingerprint density at radius 2 is 2.22 bits per heavy atom. The lowest BCUT2D eigenvalue weighted by atomic mass is 9.98. The van der Waals surface area contributed by atoms with Crippen molar-refractivity contribution in [1.29, 1.82) is 0 Å². The molecule has 0 aromatic carbocycles. The molecule has 3 N–H and O–H groups in total. The van der Waals surface area contributed by atoms with Crippen LogP contribution in [0.2, 0.25) is 5.02 Å². The quantitative estimate of drug-likeness (QED) is 0.863. The number of nitrogens with zero attached hydrogens (tertiary/aromatic N) is 2. The zero-order valence-corrected chi connectivity index (χ0v) is 11.5. The van der Waals surface area contributed by atoms with Crippen LogP contribution in [-0.4, -0.2) is 33.7 Å². The highest BCUT2D eigenvalue weighted by Crippen LogP contribution is 2.23. The summed E-state index contributed by atoms with van der Waals surface area (Å²) in [6, 6.07) is 3.49. The SMILES string of the molecule is CC1(O)CCCN(Cc2nc(N)ccc2Cl)CC1. The second kappa shape index (κ2) is 5.43. The van der Waals surface area contributed by atoms with Crippen molar-refractivity contribution < 1.29 is 5.11 Å². The molecule has 0 aliphatic carbocycles. The van der Waals surface area contributed by atoms with Crippen LogP contribution in [0.1, 0.15) is 31.9 Å². The van der Waals surface area contributed by atoms with Crippen molar-refractivity contribution in [2.45, 2.75) is 38.3 Å². The van der Waals surface area contributed by atoms with Gasteiger partial charge in [-0.15, -0.1) is 0 Å². The number of rotatable bonds is 2. The number of nitrogens with two attached hydrogens (primary N) is 1. The van der Waals surface area contributed by atoms with Gasteiger partial charge in [-0.1, -0.05) is 11.6 Å². The monoisotopic (exact) mass is 269 g/mol. The molecular weight excluding hydrogens is 250 g/mol. The zero-order valence-electron chi connectivity index (χ0n) is 10.7. The molecular formula is C13H20ClN3O. The summed E-state index contributed by atoms with van der Waals surface area (Å²) in [5, 5.41) is 10.7. The van der Waals surface area contributed by atoms with Crippen molar-refractivity contribution in [2.24, 2.45) is 0 Å². The summed E-state index contributed by atoms with van der Waals surface area (Å²) in [5.41, 5.74) is 5.96. The second-order valence-electron chi connectivity index (χ2n) is 5.29. The first-order chi connectivity index (χ1) is 8.46. The van der Waals surface area contributed by atoms with Gasteiger partial charge < -0.3 is 10.8 Å². The molecule has 1 atom stereocenters. The molecule has 5 heteroatoms. The van der Waals surface area contributed by atoms with Crippen molar-refractivity contribution in [1.82, 2.24) is 9.88 Å². The van der Waals surface area contributed by atoms with E-state index in [-0.39, 0.29) is 0 Å². The second-order valence-corrected chi connectivity index (χ2v) is 5.70. The van der Waals surface area contributed by atoms with Gasteiger partial charge in [0, 0.05) is 13.1 Å². The Labute approximate surface area is 113 Å². The minimum atomic E-state index is -0.540. The predicted octanol–water partition coefficient (Wildman–Crippen LogP) is 2.05. The van der Waals surface area contributed by atoms with Crippen molar-refractivity contribution in [3.63, 3.8) is 0 Å². The molecule has 2 heterocycles. The third kappa shape index (κ3) is 3.57. The summed E-state index contributed by atoms with van der Waals surface area (Å²) in [4.78, 5) is 6.55. The average molecular weight is 270 g/mol. The van der Waals surface area contributed by atoms with E-state index in [1.54, 1.807) is 12.1 Å². The smallest absolute Gasteiger partial charge is 0.123 e. The van der Waals surface area contributed by atoms with E-state index in [4.69, 9.17) is 17.3 Å². The summed E-state index contributed by atoms with van der Waals surface area (Å²) in [6.07, 6.45) is 2.63. The van der Waals surface area contributed by atoms with Gasteiger partial charge in [-0.25, -0.2) is 4.98 Å². The molecule has 1 aliphatic heterocycles. The summed E-state index contributed by atoms with van der Waals surface area (Å²) in [5.74, 6) is 0.496. The molecule has 18 heavy (non-hydrogen) atoms. The molecule has 0 amide bonds. The number of hydrogen-bond donors (Lipinski definition) is 2. The number of aliphatic hydroxyl groups is 1. The lowest BCUT2D eigenvalue weighted by Gasteiger charge is -2.22. The summed E-state index contributed by atoms with van der Waals surface area (Å²) < 4.78 is 0. The van der Waals surface area contributed by atoms with Crippen LogP contribution in [0.4, 0.5) is 5.82 Å². The molecule has 100 valence electrons. The van der Waals surface area contributed by atoms with Gasteiger partial charge in [-0.05, 0) is 44.9 Å². The van der Waals surface area contributed by atoms with Crippen molar-refractivity contribution in [3.05, 3.63) is 22.8 Å². The molecule has 0 spiro atoms. The fraction of sp³-hybridized carbons (Fsp3) is 0.615. The maximum Gasteiger partial charge on any atom is 0.123 e. The minimum absolute atomic E-state index is 0.496. The van der Waals surface area contributed by atoms with Gasteiger partial charge in [0.15, 0.2) is 0 Å². The zero-order chi connectivity index (χ0) is 13.2. The first-order valence-electron chi connectivity index (χ1n) is 6.32. The summed E-state index contributed by atoms with van der Waals surface area (Å²) >= 11 is 6.12. The minimum Gasteiger partial charge on any atom is -0.390 e. The van der Waals surface area contributed by atoms with Crippen LogP contribution in [0.15, 0.2) is 12.1 Å². The standard InChI is InChI=1S/C13H20ClN3O/c1-13(18)5-2-7-17(8-6-13)9-11-10(14)3-4-12(15)16-11/h3-4,18H,2,5-9H2,1H3,(H2,15,16). The van der Waals surface area contributed by atoms with E-state index in [1.807, 2.05) is 6.92 Å². The first-order valence-corrected chi connectivity index (χ1v) is 6.70. The van der Waals surface area contributed by atoms with Crippen LogP contribution < -0.4 is 5.73 Å². The van der Waals surface area contributed by atoms with E-state index in [9.17, 15) is 5.11 Å². The normalized spacial score (nSPS) is 25.9. The maximum absolute atomic E-state index is 10.0. The highest BCUT2D eigenvalue weighted by molar-refractivity contribution is 6.31. The molecule has 0 bridgehead atoms. The van der Waals surface area contributed by atoms with E-state index in [0.29, 0.717) is 17.4 Å². The molecule has 4 nitrogen and oxygen atoms in total. The lowest BCUT2D eigenvalue weighted by molar-refractivity contribution is 0.0444. The molecule has 2 rings (SSSR count). The molecule has 1 aromatic rings. The van der Waals surface area contributed by atoms with Crippen molar-refractivity contribution in [2.75, 3.05) is 18.8 Å². The largest absolute Gasteiger partial charge is 0.390 e. The average Bonchev–Trinajstić information content (AvgIpc) is 2.46. The number of aromatic nitrogens is 1. The van der Waals surface area contributed by atoms with Crippen molar-refractivity contribution >= 4 is 17.4 Å². The number of likely N-dealkylation sites (tertiary alicyclic amines) is 1. The molecule has 1 aromatic heterocycles. The van der Waals surface area contributed by atoms with Gasteiger partial charge in [0.25, 0.3) is 0 Å². The number of anilines is 1. The first kappa shape index (κ1) is 13.6. The van der Waals surface area contributed by atoms with Gasteiger partial charge in [-0.2, -0.15) is 0 Å². The van der Waals surface area contributed by atoms with Crippen LogP contribution in [0.25, 0.3) is 0 Å². The number of halogens is 1. The van der Waals surface area contributed by atoms with Crippen LogP contribution >= 0.6 is 11.6 Å². The Hall–Kier alpha value is -0.840. The van der Waals surface area contributed by atoms with E-state index in [2.05, 4.69) is 9.88 Å². The molecule has 1 aliphatic rings. The third-order valence-corrected chi connectivity index (χ3v) is 3.81. The fourth-order valence-corrected chi connectivity index (χ4v) is 2.47. The van der Waals surface area contributed by atoms with Crippen LogP contribution in [0.3, 0.4) is 0 Å². The molecule has 0 saturated carbocycles. The van der Waals surface area contributed by atoms with Gasteiger partial charge in [0.1, 0.15) is 5.82 Å². The number of pyridine rings is 1. The van der Waals surface area contributed by atoms with E-state index in [1.165, 1.54) is 0 Å². The molecule has 1 fully saturated rings. The van der Waals surface area contributed by atoms with Crippen LogP contribution in [0, 0.1) is 0 Å². The van der Waals surface area contributed by atoms with Gasteiger partial charge in [0.05, 0.1) is 16.3 Å². The van der Waals surface area contributed by atoms with E-state index in [0.717, 1.165) is 38.0 Å². The summed E-state index contributed by atoms with van der Waals surface area (Å²) in [6.45, 7) is 4.42. The summed E-state index contributed by atoms with van der Waals surface area (Å²) in [7, 11) is 0. The van der Waals surface area contributed by atoms with Crippen molar-refractivity contribution in [3.8, 4) is 0 Å². The predicted molar refractivity (Wildman–Crippen MR) is 73.4 cm³/mol.